The molecule has 1 unspecified atom stereocenters. The van der Waals surface area contributed by atoms with Gasteiger partial charge in [-0.3, -0.25) is 14.4 Å². The first-order valence-corrected chi connectivity index (χ1v) is 26.1. The molecule has 0 saturated carbocycles. The fourth-order valence-electron chi connectivity index (χ4n) is 7.91. The summed E-state index contributed by atoms with van der Waals surface area (Å²) < 4.78 is 16.8. The van der Waals surface area contributed by atoms with Crippen molar-refractivity contribution in [1.29, 1.82) is 0 Å². The van der Waals surface area contributed by atoms with Gasteiger partial charge in [-0.2, -0.15) is 0 Å². The van der Waals surface area contributed by atoms with Crippen molar-refractivity contribution in [1.82, 2.24) is 0 Å². The summed E-state index contributed by atoms with van der Waals surface area (Å²) >= 11 is 0. The Labute approximate surface area is 368 Å². The molecule has 0 aliphatic heterocycles. The van der Waals surface area contributed by atoms with Crippen molar-refractivity contribution in [3.63, 3.8) is 0 Å². The molecule has 0 amide bonds. The number of carbonyl (C=O) groups excluding carboxylic acids is 3. The van der Waals surface area contributed by atoms with Gasteiger partial charge in [0, 0.05) is 19.3 Å². The Morgan fingerprint density at radius 1 is 0.339 bits per heavy atom. The summed E-state index contributed by atoms with van der Waals surface area (Å²) in [4.78, 5) is 37.8. The molecule has 0 aliphatic rings. The van der Waals surface area contributed by atoms with Gasteiger partial charge in [-0.15, -0.1) is 0 Å². The molecule has 0 rings (SSSR count). The number of ether oxygens (including phenoxy) is 3. The maximum atomic E-state index is 12.8. The molecule has 0 radical (unpaired) electrons. The quantitative estimate of drug-likeness (QED) is 0.0345. The standard InChI is InChI=1S/C53H102O6/c1-7-49(6)41-35-29-25-26-31-37-43-52(55)58-46-50(45-57-51(54)42-36-30-24-20-22-28-34-40-48(4)5)59-53(56)44-38-32-23-19-17-15-13-11-9-8-10-12-14-16-18-21-27-33-39-47(2)3/h47-50H,7-46H2,1-6H3/t49?,50-/m1/s1. The molecule has 0 aromatic heterocycles. The van der Waals surface area contributed by atoms with Gasteiger partial charge in [-0.25, -0.2) is 0 Å². The Hall–Kier alpha value is -1.59. The van der Waals surface area contributed by atoms with E-state index in [4.69, 9.17) is 14.2 Å². The second kappa shape index (κ2) is 44.5. The zero-order valence-corrected chi connectivity index (χ0v) is 40.5. The van der Waals surface area contributed by atoms with E-state index in [9.17, 15) is 14.4 Å². The molecule has 59 heavy (non-hydrogen) atoms. The monoisotopic (exact) mass is 835 g/mol. The van der Waals surface area contributed by atoms with Crippen LogP contribution in [-0.4, -0.2) is 37.2 Å². The van der Waals surface area contributed by atoms with Crippen molar-refractivity contribution in [2.75, 3.05) is 13.2 Å². The third kappa shape index (κ3) is 45.8. The highest BCUT2D eigenvalue weighted by Gasteiger charge is 2.19. The summed E-state index contributed by atoms with van der Waals surface area (Å²) in [5.41, 5.74) is 0. The molecule has 0 N–H and O–H groups in total. The van der Waals surface area contributed by atoms with Gasteiger partial charge in [-0.05, 0) is 37.0 Å². The van der Waals surface area contributed by atoms with Crippen LogP contribution in [0.25, 0.3) is 0 Å². The highest BCUT2D eigenvalue weighted by molar-refractivity contribution is 5.71. The molecule has 350 valence electrons. The van der Waals surface area contributed by atoms with Gasteiger partial charge >= 0.3 is 17.9 Å². The Morgan fingerprint density at radius 2 is 0.593 bits per heavy atom. The summed E-state index contributed by atoms with van der Waals surface area (Å²) in [5.74, 6) is 1.60. The molecular weight excluding hydrogens is 733 g/mol. The molecule has 6 nitrogen and oxygen atoms in total. The molecule has 0 bridgehead atoms. The van der Waals surface area contributed by atoms with E-state index in [1.165, 1.54) is 167 Å². The second-order valence-electron chi connectivity index (χ2n) is 19.4. The number of hydrogen-bond acceptors (Lipinski definition) is 6. The summed E-state index contributed by atoms with van der Waals surface area (Å²) in [6, 6.07) is 0. The predicted octanol–water partition coefficient (Wildman–Crippen LogP) is 16.8. The van der Waals surface area contributed by atoms with E-state index in [1.54, 1.807) is 0 Å². The molecule has 0 spiro atoms. The molecular formula is C53H102O6. The first-order chi connectivity index (χ1) is 28.6. The van der Waals surface area contributed by atoms with Gasteiger partial charge in [0.2, 0.25) is 0 Å². The number of rotatable bonds is 46. The molecule has 0 aromatic rings. The van der Waals surface area contributed by atoms with Gasteiger partial charge in [0.15, 0.2) is 6.10 Å². The van der Waals surface area contributed by atoms with Gasteiger partial charge in [0.05, 0.1) is 0 Å². The maximum absolute atomic E-state index is 12.8. The minimum Gasteiger partial charge on any atom is -0.462 e. The molecule has 0 aromatic carbocycles. The highest BCUT2D eigenvalue weighted by atomic mass is 16.6. The topological polar surface area (TPSA) is 78.9 Å². The van der Waals surface area contributed by atoms with Crippen LogP contribution in [0.3, 0.4) is 0 Å². The fourth-order valence-corrected chi connectivity index (χ4v) is 7.91. The van der Waals surface area contributed by atoms with Crippen LogP contribution in [-0.2, 0) is 28.6 Å². The van der Waals surface area contributed by atoms with E-state index in [1.807, 2.05) is 0 Å². The Bertz CT molecular complexity index is 916. The molecule has 0 fully saturated rings. The van der Waals surface area contributed by atoms with Crippen LogP contribution in [0.15, 0.2) is 0 Å². The van der Waals surface area contributed by atoms with Crippen LogP contribution in [0.2, 0.25) is 0 Å². The molecule has 2 atom stereocenters. The van der Waals surface area contributed by atoms with Crippen LogP contribution in [0.1, 0.15) is 286 Å². The first-order valence-electron chi connectivity index (χ1n) is 26.1. The highest BCUT2D eigenvalue weighted by Crippen LogP contribution is 2.18. The maximum Gasteiger partial charge on any atom is 0.306 e. The van der Waals surface area contributed by atoms with Gasteiger partial charge in [0.1, 0.15) is 13.2 Å². The SMILES string of the molecule is CCC(C)CCCCCCCCC(=O)OC[C@@H](COC(=O)CCCCCCCCCC(C)C)OC(=O)CCCCCCCCCCCCCCCCCCCCC(C)C. The lowest BCUT2D eigenvalue weighted by molar-refractivity contribution is -0.167. The van der Waals surface area contributed by atoms with E-state index in [0.29, 0.717) is 19.3 Å². The lowest BCUT2D eigenvalue weighted by atomic mass is 10.00. The Balaban J connectivity index is 4.21. The normalized spacial score (nSPS) is 12.6. The van der Waals surface area contributed by atoms with Crippen LogP contribution in [0, 0.1) is 17.8 Å². The minimum atomic E-state index is -0.763. The van der Waals surface area contributed by atoms with Crippen LogP contribution in [0.5, 0.6) is 0 Å². The van der Waals surface area contributed by atoms with Crippen molar-refractivity contribution < 1.29 is 28.6 Å². The van der Waals surface area contributed by atoms with E-state index in [0.717, 1.165) is 75.5 Å². The summed E-state index contributed by atoms with van der Waals surface area (Å²) in [6.45, 7) is 13.7. The number of unbranched alkanes of at least 4 members (excludes halogenated alkanes) is 28. The number of hydrogen-bond donors (Lipinski definition) is 0. The van der Waals surface area contributed by atoms with Crippen molar-refractivity contribution in [3.8, 4) is 0 Å². The average Bonchev–Trinajstić information content (AvgIpc) is 3.20. The Morgan fingerprint density at radius 3 is 0.881 bits per heavy atom. The largest absolute Gasteiger partial charge is 0.462 e. The van der Waals surface area contributed by atoms with Crippen molar-refractivity contribution >= 4 is 17.9 Å². The van der Waals surface area contributed by atoms with E-state index >= 15 is 0 Å². The van der Waals surface area contributed by atoms with Gasteiger partial charge in [0.25, 0.3) is 0 Å². The zero-order valence-electron chi connectivity index (χ0n) is 40.5. The van der Waals surface area contributed by atoms with Crippen LogP contribution >= 0.6 is 0 Å². The summed E-state index contributed by atoms with van der Waals surface area (Å²) in [6.07, 6.45) is 44.0. The molecule has 0 aliphatic carbocycles. The second-order valence-corrected chi connectivity index (χ2v) is 19.4. The van der Waals surface area contributed by atoms with Gasteiger partial charge < -0.3 is 14.2 Å². The third-order valence-corrected chi connectivity index (χ3v) is 12.3. The number of carbonyl (C=O) groups is 3. The molecule has 6 heteroatoms. The third-order valence-electron chi connectivity index (χ3n) is 12.3. The predicted molar refractivity (Wildman–Crippen MR) is 252 cm³/mol. The lowest BCUT2D eigenvalue weighted by Gasteiger charge is -2.18. The molecule has 0 saturated heterocycles. The van der Waals surface area contributed by atoms with E-state index in [2.05, 4.69) is 41.5 Å². The summed E-state index contributed by atoms with van der Waals surface area (Å²) in [5, 5.41) is 0. The van der Waals surface area contributed by atoms with Crippen molar-refractivity contribution in [2.24, 2.45) is 17.8 Å². The van der Waals surface area contributed by atoms with Gasteiger partial charge in [-0.1, -0.05) is 247 Å². The number of esters is 3. The fraction of sp³-hybridized carbons (Fsp3) is 0.943. The first kappa shape index (κ1) is 57.4. The lowest BCUT2D eigenvalue weighted by Crippen LogP contribution is -2.30. The van der Waals surface area contributed by atoms with Crippen molar-refractivity contribution in [3.05, 3.63) is 0 Å². The van der Waals surface area contributed by atoms with Crippen molar-refractivity contribution in [2.45, 2.75) is 292 Å². The van der Waals surface area contributed by atoms with E-state index in [-0.39, 0.29) is 31.1 Å². The van der Waals surface area contributed by atoms with Crippen LogP contribution in [0.4, 0.5) is 0 Å². The average molecular weight is 835 g/mol. The summed E-state index contributed by atoms with van der Waals surface area (Å²) in [7, 11) is 0. The Kier molecular flexibility index (Phi) is 43.3. The smallest absolute Gasteiger partial charge is 0.306 e. The zero-order chi connectivity index (χ0) is 43.4. The van der Waals surface area contributed by atoms with Crippen LogP contribution < -0.4 is 0 Å². The minimum absolute atomic E-state index is 0.0663. The molecule has 0 heterocycles. The van der Waals surface area contributed by atoms with E-state index < -0.39 is 6.10 Å².